The van der Waals surface area contributed by atoms with Gasteiger partial charge in [0.1, 0.15) is 5.75 Å². The van der Waals surface area contributed by atoms with Crippen LogP contribution in [0.15, 0.2) is 24.3 Å². The zero-order valence-corrected chi connectivity index (χ0v) is 13.9. The molecule has 0 fully saturated rings. The summed E-state index contributed by atoms with van der Waals surface area (Å²) in [6, 6.07) is 8.38. The average Bonchev–Trinajstić information content (AvgIpc) is 2.44. The first-order valence-electron chi connectivity index (χ1n) is 7.88. The smallest absolute Gasteiger partial charge is 0.205 e. The van der Waals surface area contributed by atoms with Crippen LogP contribution in [0.3, 0.4) is 0 Å². The van der Waals surface area contributed by atoms with Crippen LogP contribution in [0.2, 0.25) is 0 Å². The Bertz CT molecular complexity index is 377. The maximum atomic E-state index is 6.02. The van der Waals surface area contributed by atoms with Crippen LogP contribution >= 0.6 is 0 Å². The van der Waals surface area contributed by atoms with E-state index in [-0.39, 0.29) is 6.10 Å². The minimum atomic E-state index is -0.589. The van der Waals surface area contributed by atoms with Gasteiger partial charge >= 0.3 is 0 Å². The van der Waals surface area contributed by atoms with Crippen molar-refractivity contribution in [1.82, 2.24) is 0 Å². The Labute approximate surface area is 124 Å². The first-order valence-corrected chi connectivity index (χ1v) is 7.88. The molecule has 1 aromatic rings. The number of ether oxygens (including phenoxy) is 2. The summed E-state index contributed by atoms with van der Waals surface area (Å²) in [4.78, 5) is 0. The van der Waals surface area contributed by atoms with Crippen LogP contribution in [0.5, 0.6) is 5.75 Å². The van der Waals surface area contributed by atoms with Gasteiger partial charge in [0.15, 0.2) is 0 Å². The molecule has 1 rings (SSSR count). The van der Waals surface area contributed by atoms with Crippen molar-refractivity contribution in [2.45, 2.75) is 78.6 Å². The minimum Gasteiger partial charge on any atom is -0.463 e. The van der Waals surface area contributed by atoms with Crippen LogP contribution in [0, 0.1) is 0 Å². The molecule has 0 saturated heterocycles. The zero-order chi connectivity index (χ0) is 15.2. The van der Waals surface area contributed by atoms with E-state index in [9.17, 15) is 0 Å². The Hall–Kier alpha value is -1.02. The van der Waals surface area contributed by atoms with E-state index < -0.39 is 5.79 Å². The van der Waals surface area contributed by atoms with Crippen molar-refractivity contribution in [2.75, 3.05) is 0 Å². The summed E-state index contributed by atoms with van der Waals surface area (Å²) in [6.07, 6.45) is 3.43. The maximum Gasteiger partial charge on any atom is 0.205 e. The van der Waals surface area contributed by atoms with Crippen molar-refractivity contribution in [1.29, 1.82) is 0 Å². The Morgan fingerprint density at radius 1 is 0.950 bits per heavy atom. The van der Waals surface area contributed by atoms with E-state index in [1.165, 1.54) is 5.56 Å². The summed E-state index contributed by atoms with van der Waals surface area (Å²) < 4.78 is 12.0. The van der Waals surface area contributed by atoms with Gasteiger partial charge in [-0.1, -0.05) is 39.8 Å². The highest BCUT2D eigenvalue weighted by Crippen LogP contribution is 2.25. The third-order valence-corrected chi connectivity index (χ3v) is 3.79. The normalized spacial score (nSPS) is 13.6. The van der Waals surface area contributed by atoms with Crippen molar-refractivity contribution in [3.63, 3.8) is 0 Å². The number of hydrogen-bond donors (Lipinski definition) is 0. The Balaban J connectivity index is 2.67. The lowest BCUT2D eigenvalue weighted by atomic mass is 9.99. The molecule has 0 spiro atoms. The molecule has 0 aromatic heterocycles. The maximum absolute atomic E-state index is 6.02. The molecule has 0 amide bonds. The van der Waals surface area contributed by atoms with Gasteiger partial charge in [-0.25, -0.2) is 0 Å². The summed E-state index contributed by atoms with van der Waals surface area (Å²) in [5.41, 5.74) is 1.36. The van der Waals surface area contributed by atoms with Gasteiger partial charge in [-0.15, -0.1) is 0 Å². The number of hydrogen-bond acceptors (Lipinski definition) is 2. The molecule has 2 nitrogen and oxygen atoms in total. The molecule has 0 radical (unpaired) electrons. The van der Waals surface area contributed by atoms with Gasteiger partial charge in [0.25, 0.3) is 0 Å². The highest BCUT2D eigenvalue weighted by molar-refractivity contribution is 5.29. The third-order valence-electron chi connectivity index (χ3n) is 3.79. The summed E-state index contributed by atoms with van der Waals surface area (Å²) in [6.45, 7) is 12.7. The van der Waals surface area contributed by atoms with E-state index >= 15 is 0 Å². The van der Waals surface area contributed by atoms with Gasteiger partial charge in [0.05, 0.1) is 6.10 Å². The standard InChI is InChI=1S/C18H30O2/c1-7-14(4)15-10-12-17(13-11-15)20-18(5,6)19-16(8-2)9-3/h10-14,16H,7-9H2,1-6H3. The molecule has 0 bridgehead atoms. The van der Waals surface area contributed by atoms with Gasteiger partial charge in [0, 0.05) is 13.8 Å². The predicted octanol–water partition coefficient (Wildman–Crippen LogP) is 5.52. The van der Waals surface area contributed by atoms with Gasteiger partial charge in [-0.3, -0.25) is 0 Å². The molecule has 0 aliphatic rings. The fourth-order valence-electron chi connectivity index (χ4n) is 2.26. The van der Waals surface area contributed by atoms with Crippen molar-refractivity contribution < 1.29 is 9.47 Å². The third kappa shape index (κ3) is 5.16. The van der Waals surface area contributed by atoms with Crippen LogP contribution in [-0.4, -0.2) is 11.9 Å². The molecule has 20 heavy (non-hydrogen) atoms. The number of rotatable bonds is 8. The summed E-state index contributed by atoms with van der Waals surface area (Å²) in [5, 5.41) is 0. The second-order valence-corrected chi connectivity index (χ2v) is 5.94. The van der Waals surface area contributed by atoms with Crippen molar-refractivity contribution in [2.24, 2.45) is 0 Å². The fraction of sp³-hybridized carbons (Fsp3) is 0.667. The van der Waals surface area contributed by atoms with Gasteiger partial charge < -0.3 is 9.47 Å². The minimum absolute atomic E-state index is 0.254. The largest absolute Gasteiger partial charge is 0.463 e. The molecule has 0 heterocycles. The summed E-state index contributed by atoms with van der Waals surface area (Å²) >= 11 is 0. The van der Waals surface area contributed by atoms with Crippen molar-refractivity contribution in [3.8, 4) is 5.75 Å². The van der Waals surface area contributed by atoms with E-state index in [4.69, 9.17) is 9.47 Å². The van der Waals surface area contributed by atoms with Crippen molar-refractivity contribution >= 4 is 0 Å². The quantitative estimate of drug-likeness (QED) is 0.583. The van der Waals surface area contributed by atoms with Crippen LogP contribution in [0.25, 0.3) is 0 Å². The molecule has 0 saturated carbocycles. The molecule has 1 unspecified atom stereocenters. The Morgan fingerprint density at radius 3 is 1.95 bits per heavy atom. The zero-order valence-electron chi connectivity index (χ0n) is 13.9. The lowest BCUT2D eigenvalue weighted by Gasteiger charge is -2.30. The average molecular weight is 278 g/mol. The highest BCUT2D eigenvalue weighted by atomic mass is 16.7. The molecular weight excluding hydrogens is 248 g/mol. The van der Waals surface area contributed by atoms with E-state index in [2.05, 4.69) is 39.8 Å². The van der Waals surface area contributed by atoms with Gasteiger partial charge in [0.2, 0.25) is 5.79 Å². The predicted molar refractivity (Wildman–Crippen MR) is 85.3 cm³/mol. The van der Waals surface area contributed by atoms with Crippen LogP contribution in [-0.2, 0) is 4.74 Å². The van der Waals surface area contributed by atoms with Crippen LogP contribution in [0.4, 0.5) is 0 Å². The molecule has 114 valence electrons. The molecule has 2 heteroatoms. The van der Waals surface area contributed by atoms with Crippen molar-refractivity contribution in [3.05, 3.63) is 29.8 Å². The molecule has 1 aromatic carbocycles. The van der Waals surface area contributed by atoms with E-state index in [0.29, 0.717) is 5.92 Å². The second-order valence-electron chi connectivity index (χ2n) is 5.94. The fourth-order valence-corrected chi connectivity index (χ4v) is 2.26. The first-order chi connectivity index (χ1) is 9.41. The summed E-state index contributed by atoms with van der Waals surface area (Å²) in [7, 11) is 0. The molecule has 1 atom stereocenters. The SMILES string of the molecule is CCC(CC)OC(C)(C)Oc1ccc(C(C)CC)cc1. The molecule has 0 N–H and O–H groups in total. The van der Waals surface area contributed by atoms with Crippen LogP contribution in [0.1, 0.15) is 72.3 Å². The van der Waals surface area contributed by atoms with Gasteiger partial charge in [-0.2, -0.15) is 0 Å². The Kier molecular flexibility index (Phi) is 6.54. The van der Waals surface area contributed by atoms with Crippen LogP contribution < -0.4 is 4.74 Å². The molecule has 0 aliphatic carbocycles. The van der Waals surface area contributed by atoms with E-state index in [0.717, 1.165) is 25.0 Å². The van der Waals surface area contributed by atoms with E-state index in [1.807, 2.05) is 26.0 Å². The number of benzene rings is 1. The topological polar surface area (TPSA) is 18.5 Å². The lowest BCUT2D eigenvalue weighted by molar-refractivity contribution is -0.188. The monoisotopic (exact) mass is 278 g/mol. The first kappa shape index (κ1) is 17.0. The molecule has 0 aliphatic heterocycles. The highest BCUT2D eigenvalue weighted by Gasteiger charge is 2.24. The lowest BCUT2D eigenvalue weighted by Crippen LogP contribution is -2.36. The Morgan fingerprint density at radius 2 is 1.50 bits per heavy atom. The van der Waals surface area contributed by atoms with Gasteiger partial charge in [-0.05, 0) is 42.9 Å². The second kappa shape index (κ2) is 7.68. The van der Waals surface area contributed by atoms with E-state index in [1.54, 1.807) is 0 Å². The molecular formula is C18H30O2. The summed E-state index contributed by atoms with van der Waals surface area (Å²) in [5.74, 6) is 0.875.